The molecule has 3 heterocycles. The maximum Gasteiger partial charge on any atom is 0.573 e. The van der Waals surface area contributed by atoms with Gasteiger partial charge in [0, 0.05) is 33.2 Å². The minimum absolute atomic E-state index is 0.0279. The van der Waals surface area contributed by atoms with Crippen LogP contribution >= 0.6 is 23.3 Å². The van der Waals surface area contributed by atoms with Crippen molar-refractivity contribution in [1.82, 2.24) is 24.6 Å². The first-order valence-electron chi connectivity index (χ1n) is 8.71. The fourth-order valence-corrected chi connectivity index (χ4v) is 4.47. The van der Waals surface area contributed by atoms with Crippen molar-refractivity contribution in [3.05, 3.63) is 11.9 Å². The van der Waals surface area contributed by atoms with Crippen LogP contribution in [0.25, 0.3) is 0 Å². The summed E-state index contributed by atoms with van der Waals surface area (Å²) in [4.78, 5) is 25.2. The molecule has 1 fully saturated rings. The fourth-order valence-electron chi connectivity index (χ4n) is 2.62. The number of carbonyl (C=O) groups is 1. The Balaban J connectivity index is 1.88. The van der Waals surface area contributed by atoms with Crippen LogP contribution in [0.4, 0.5) is 19.1 Å². The van der Waals surface area contributed by atoms with Crippen LogP contribution in [-0.4, -0.2) is 78.9 Å². The number of halogens is 3. The molecule has 2 aromatic heterocycles. The number of anilines is 1. The third-order valence-electron chi connectivity index (χ3n) is 4.17. The third-order valence-corrected chi connectivity index (χ3v) is 6.14. The van der Waals surface area contributed by atoms with E-state index in [0.717, 1.165) is 37.9 Å². The molecule has 1 saturated heterocycles. The molecule has 9 nitrogen and oxygen atoms in total. The highest BCUT2D eigenvalue weighted by Gasteiger charge is 2.36. The van der Waals surface area contributed by atoms with Crippen molar-refractivity contribution in [2.24, 2.45) is 0 Å². The van der Waals surface area contributed by atoms with Gasteiger partial charge in [0.05, 0.1) is 18.2 Å². The molecule has 14 heteroatoms. The lowest BCUT2D eigenvalue weighted by Gasteiger charge is -2.32. The van der Waals surface area contributed by atoms with Crippen LogP contribution in [0.3, 0.4) is 0 Å². The molecule has 0 spiro atoms. The maximum atomic E-state index is 12.9. The summed E-state index contributed by atoms with van der Waals surface area (Å²) >= 11 is 1.59. The number of nitrogens with one attached hydrogen (secondary N) is 1. The predicted molar refractivity (Wildman–Crippen MR) is 105 cm³/mol. The van der Waals surface area contributed by atoms with E-state index >= 15 is 0 Å². The van der Waals surface area contributed by atoms with Gasteiger partial charge in [-0.15, -0.1) is 13.2 Å². The number of hydrogen-bond acceptors (Lipinski definition) is 10. The van der Waals surface area contributed by atoms with Gasteiger partial charge < -0.3 is 24.6 Å². The minimum atomic E-state index is -4.98. The molecule has 1 amide bonds. The van der Waals surface area contributed by atoms with Gasteiger partial charge in [0.25, 0.3) is 5.91 Å². The van der Waals surface area contributed by atoms with Gasteiger partial charge in [0.15, 0.2) is 11.4 Å². The molecule has 2 aromatic rings. The van der Waals surface area contributed by atoms with Crippen LogP contribution in [-0.2, 0) is 0 Å². The van der Waals surface area contributed by atoms with Gasteiger partial charge in [-0.25, -0.2) is 4.98 Å². The standard InChI is InChI=1S/C16H19F3N6O3S2/c1-20-12(26)10-11(28-16(17,18)19)14(30-23-10)29-9-8-21-15(22-13(9)27-3)25-6-4-24(2)5-7-25/h8H,4-7H2,1-3H3,(H,20,26). The van der Waals surface area contributed by atoms with Gasteiger partial charge in [-0.2, -0.15) is 9.36 Å². The summed E-state index contributed by atoms with van der Waals surface area (Å²) in [5, 5.41) is 2.24. The Morgan fingerprint density at radius 3 is 2.60 bits per heavy atom. The predicted octanol–water partition coefficient (Wildman–Crippen LogP) is 2.10. The summed E-state index contributed by atoms with van der Waals surface area (Å²) in [6.07, 6.45) is -3.51. The Hall–Kier alpha value is -2.32. The van der Waals surface area contributed by atoms with E-state index < -0.39 is 23.7 Å². The normalized spacial score (nSPS) is 15.2. The van der Waals surface area contributed by atoms with Crippen LogP contribution in [0.2, 0.25) is 0 Å². The molecule has 0 unspecified atom stereocenters. The number of methoxy groups -OCH3 is 1. The molecule has 164 valence electrons. The summed E-state index contributed by atoms with van der Waals surface area (Å²) in [6.45, 7) is 3.23. The number of amides is 1. The van der Waals surface area contributed by atoms with Gasteiger partial charge in [-0.1, -0.05) is 11.8 Å². The molecule has 0 radical (unpaired) electrons. The summed E-state index contributed by atoms with van der Waals surface area (Å²) in [7, 11) is 4.73. The van der Waals surface area contributed by atoms with E-state index in [2.05, 4.69) is 29.3 Å². The zero-order chi connectivity index (χ0) is 21.9. The molecule has 0 bridgehead atoms. The molecule has 1 aliphatic rings. The lowest BCUT2D eigenvalue weighted by atomic mass is 10.3. The second kappa shape index (κ2) is 9.22. The van der Waals surface area contributed by atoms with E-state index in [0.29, 0.717) is 22.4 Å². The van der Waals surface area contributed by atoms with Crippen molar-refractivity contribution in [1.29, 1.82) is 0 Å². The highest BCUT2D eigenvalue weighted by molar-refractivity contribution is 8.01. The van der Waals surface area contributed by atoms with Gasteiger partial charge >= 0.3 is 6.36 Å². The first-order chi connectivity index (χ1) is 14.2. The average Bonchev–Trinajstić information content (AvgIpc) is 3.08. The highest BCUT2D eigenvalue weighted by atomic mass is 32.2. The molecule has 0 saturated carbocycles. The van der Waals surface area contributed by atoms with Crippen LogP contribution < -0.4 is 19.7 Å². The van der Waals surface area contributed by atoms with Crippen molar-refractivity contribution < 1.29 is 27.4 Å². The van der Waals surface area contributed by atoms with Crippen molar-refractivity contribution in [3.8, 4) is 11.6 Å². The zero-order valence-corrected chi connectivity index (χ0v) is 17.9. The summed E-state index contributed by atoms with van der Waals surface area (Å²) < 4.78 is 51.8. The average molecular weight is 464 g/mol. The summed E-state index contributed by atoms with van der Waals surface area (Å²) in [6, 6.07) is 0. The molecule has 3 rings (SSSR count). The smallest absolute Gasteiger partial charge is 0.480 e. The van der Waals surface area contributed by atoms with Gasteiger partial charge in [0.1, 0.15) is 4.21 Å². The molecule has 0 aromatic carbocycles. The largest absolute Gasteiger partial charge is 0.573 e. The van der Waals surface area contributed by atoms with E-state index in [9.17, 15) is 18.0 Å². The first-order valence-corrected chi connectivity index (χ1v) is 10.3. The monoisotopic (exact) mass is 464 g/mol. The summed E-state index contributed by atoms with van der Waals surface area (Å²) in [5.41, 5.74) is -0.448. The molecular weight excluding hydrogens is 445 g/mol. The van der Waals surface area contributed by atoms with E-state index in [4.69, 9.17) is 4.74 Å². The number of hydrogen-bond donors (Lipinski definition) is 1. The SMILES string of the molecule is CNC(=O)c1nsc(Sc2cnc(N3CCN(C)CC3)nc2OC)c1OC(F)(F)F. The molecule has 1 aliphatic heterocycles. The van der Waals surface area contributed by atoms with Crippen LogP contribution in [0.15, 0.2) is 15.3 Å². The second-order valence-electron chi connectivity index (χ2n) is 6.21. The van der Waals surface area contributed by atoms with Crippen molar-refractivity contribution in [2.75, 3.05) is 52.3 Å². The number of carbonyl (C=O) groups excluding carboxylic acids is 1. The van der Waals surface area contributed by atoms with Crippen LogP contribution in [0.1, 0.15) is 10.5 Å². The number of rotatable bonds is 6. The Bertz CT molecular complexity index is 903. The second-order valence-corrected chi connectivity index (χ2v) is 8.29. The minimum Gasteiger partial charge on any atom is -0.480 e. The summed E-state index contributed by atoms with van der Waals surface area (Å²) in [5.74, 6) is -0.767. The highest BCUT2D eigenvalue weighted by Crippen LogP contribution is 2.44. The first kappa shape index (κ1) is 22.4. The van der Waals surface area contributed by atoms with Crippen LogP contribution in [0, 0.1) is 0 Å². The lowest BCUT2D eigenvalue weighted by molar-refractivity contribution is -0.275. The van der Waals surface area contributed by atoms with E-state index in [1.807, 2.05) is 11.9 Å². The molecule has 30 heavy (non-hydrogen) atoms. The van der Waals surface area contributed by atoms with E-state index in [1.54, 1.807) is 0 Å². The van der Waals surface area contributed by atoms with Gasteiger partial charge in [-0.3, -0.25) is 4.79 Å². The van der Waals surface area contributed by atoms with Gasteiger partial charge in [-0.05, 0) is 18.6 Å². The van der Waals surface area contributed by atoms with Crippen molar-refractivity contribution >= 4 is 35.1 Å². The quantitative estimate of drug-likeness (QED) is 0.690. The fraction of sp³-hybridized carbons (Fsp3) is 0.500. The van der Waals surface area contributed by atoms with E-state index in [1.165, 1.54) is 20.4 Å². The maximum absolute atomic E-state index is 12.9. The number of ether oxygens (including phenoxy) is 2. The Morgan fingerprint density at radius 2 is 2.00 bits per heavy atom. The Morgan fingerprint density at radius 1 is 1.30 bits per heavy atom. The zero-order valence-electron chi connectivity index (χ0n) is 16.3. The molecule has 0 aliphatic carbocycles. The van der Waals surface area contributed by atoms with Crippen LogP contribution in [0.5, 0.6) is 11.6 Å². The van der Waals surface area contributed by atoms with Crippen molar-refractivity contribution in [2.45, 2.75) is 15.5 Å². The Kier molecular flexibility index (Phi) is 6.88. The number of alkyl halides is 3. The number of aromatic nitrogens is 3. The lowest BCUT2D eigenvalue weighted by Crippen LogP contribution is -2.45. The molecular formula is C16H19F3N6O3S2. The number of nitrogens with zero attached hydrogens (tertiary/aromatic N) is 5. The topological polar surface area (TPSA) is 92.7 Å². The van der Waals surface area contributed by atoms with E-state index in [-0.39, 0.29) is 10.1 Å². The van der Waals surface area contributed by atoms with Crippen molar-refractivity contribution in [3.63, 3.8) is 0 Å². The number of piperazine rings is 1. The molecule has 0 atom stereocenters. The molecule has 1 N–H and O–H groups in total. The van der Waals surface area contributed by atoms with Gasteiger partial charge in [0.2, 0.25) is 11.8 Å². The third kappa shape index (κ3) is 5.23. The number of likely N-dealkylation sites (N-methyl/N-ethyl adjacent to an activating group) is 1. The Labute approximate surface area is 178 Å².